The summed E-state index contributed by atoms with van der Waals surface area (Å²) in [5, 5.41) is 7.30. The molecule has 3 heterocycles. The van der Waals surface area contributed by atoms with Crippen molar-refractivity contribution in [2.24, 2.45) is 0 Å². The van der Waals surface area contributed by atoms with Gasteiger partial charge < -0.3 is 29.7 Å². The van der Waals surface area contributed by atoms with Crippen LogP contribution >= 0.6 is 0 Å². The van der Waals surface area contributed by atoms with Crippen LogP contribution in [0.3, 0.4) is 0 Å². The van der Waals surface area contributed by atoms with Crippen LogP contribution in [0.25, 0.3) is 10.9 Å². The van der Waals surface area contributed by atoms with E-state index < -0.39 is 6.04 Å². The Morgan fingerprint density at radius 3 is 2.50 bits per heavy atom. The number of ether oxygens (including phenoxy) is 3. The summed E-state index contributed by atoms with van der Waals surface area (Å²) in [5.41, 5.74) is 4.68. The fourth-order valence-electron chi connectivity index (χ4n) is 6.47. The Hall–Kier alpha value is -5.52. The molecule has 0 saturated carbocycles. The van der Waals surface area contributed by atoms with Gasteiger partial charge in [-0.25, -0.2) is 9.97 Å². The minimum absolute atomic E-state index is 0.149. The third-order valence-electron chi connectivity index (χ3n) is 9.11. The molecule has 11 nitrogen and oxygen atoms in total. The Balaban J connectivity index is 1.00. The summed E-state index contributed by atoms with van der Waals surface area (Å²) in [6.07, 6.45) is 2.42. The number of hydrogen-bond donors (Lipinski definition) is 2. The number of nitrogens with one attached hydrogen (secondary N) is 2. The largest absolute Gasteiger partial charge is 0.493 e. The van der Waals surface area contributed by atoms with E-state index in [9.17, 15) is 9.59 Å². The van der Waals surface area contributed by atoms with Crippen molar-refractivity contribution in [3.05, 3.63) is 120 Å². The maximum absolute atomic E-state index is 13.8. The molecule has 0 aliphatic carbocycles. The molecule has 7 rings (SSSR count). The molecule has 2 amide bonds. The van der Waals surface area contributed by atoms with Crippen molar-refractivity contribution in [1.29, 1.82) is 0 Å². The molecule has 0 radical (unpaired) electrons. The smallest absolute Gasteiger partial charge is 0.255 e. The van der Waals surface area contributed by atoms with Crippen molar-refractivity contribution in [2.45, 2.75) is 25.6 Å². The molecule has 1 saturated heterocycles. The molecule has 11 heteroatoms. The van der Waals surface area contributed by atoms with Crippen LogP contribution in [0.5, 0.6) is 11.5 Å². The molecule has 2 aliphatic heterocycles. The summed E-state index contributed by atoms with van der Waals surface area (Å²) < 4.78 is 17.2. The van der Waals surface area contributed by atoms with E-state index in [0.29, 0.717) is 48.3 Å². The highest BCUT2D eigenvalue weighted by Crippen LogP contribution is 2.35. The second-order valence-electron chi connectivity index (χ2n) is 12.3. The van der Waals surface area contributed by atoms with Crippen molar-refractivity contribution in [3.8, 4) is 11.5 Å². The lowest BCUT2D eigenvalue weighted by atomic mass is 10.0. The number of anilines is 2. The van der Waals surface area contributed by atoms with E-state index in [1.165, 1.54) is 6.33 Å². The molecule has 1 unspecified atom stereocenters. The van der Waals surface area contributed by atoms with Crippen LogP contribution in [-0.2, 0) is 22.6 Å². The average Bonchev–Trinajstić information content (AvgIpc) is 3.49. The van der Waals surface area contributed by atoms with Crippen LogP contribution in [0, 0.1) is 0 Å². The number of aromatic nitrogens is 2. The van der Waals surface area contributed by atoms with E-state index in [4.69, 9.17) is 14.2 Å². The lowest BCUT2D eigenvalue weighted by Crippen LogP contribution is -2.37. The number of benzene rings is 4. The number of methoxy groups -OCH3 is 1. The van der Waals surface area contributed by atoms with Gasteiger partial charge in [0.1, 0.15) is 18.2 Å². The minimum Gasteiger partial charge on any atom is -0.493 e. The van der Waals surface area contributed by atoms with Crippen molar-refractivity contribution in [2.75, 3.05) is 57.2 Å². The zero-order valence-electron chi connectivity index (χ0n) is 28.0. The Morgan fingerprint density at radius 2 is 1.72 bits per heavy atom. The number of rotatable bonds is 13. The quantitative estimate of drug-likeness (QED) is 0.152. The number of fused-ring (bicyclic) bond motifs is 2. The normalized spacial score (nSPS) is 15.1. The van der Waals surface area contributed by atoms with E-state index in [0.717, 1.165) is 66.9 Å². The monoisotopic (exact) mass is 672 g/mol. The van der Waals surface area contributed by atoms with Gasteiger partial charge in [0.25, 0.3) is 11.8 Å². The Labute approximate surface area is 291 Å². The zero-order valence-corrected chi connectivity index (χ0v) is 28.0. The SMILES string of the molecule is COc1cc2ncnc(NCc3ccc(NC(=O)C(c4ccccc4)N4Cc5ccccc5C4=O)cc3)c2cc1OCCCN1CCOCC1. The molecule has 0 bridgehead atoms. The van der Waals surface area contributed by atoms with Gasteiger partial charge in [0.05, 0.1) is 32.4 Å². The van der Waals surface area contributed by atoms with Crippen LogP contribution in [-0.4, -0.2) is 78.1 Å². The van der Waals surface area contributed by atoms with Crippen LogP contribution in [0.4, 0.5) is 11.5 Å². The fraction of sp³-hybridized carbons (Fsp3) is 0.282. The molecular formula is C39H40N6O5. The lowest BCUT2D eigenvalue weighted by molar-refractivity contribution is -0.120. The second kappa shape index (κ2) is 15.4. The van der Waals surface area contributed by atoms with Gasteiger partial charge in [0, 0.05) is 55.4 Å². The molecule has 2 N–H and O–H groups in total. The predicted octanol–water partition coefficient (Wildman–Crippen LogP) is 5.69. The van der Waals surface area contributed by atoms with Crippen molar-refractivity contribution in [1.82, 2.24) is 19.8 Å². The molecule has 1 aromatic heterocycles. The third-order valence-corrected chi connectivity index (χ3v) is 9.11. The highest BCUT2D eigenvalue weighted by molar-refractivity contribution is 6.04. The maximum Gasteiger partial charge on any atom is 0.255 e. The van der Waals surface area contributed by atoms with E-state index >= 15 is 0 Å². The zero-order chi connectivity index (χ0) is 34.3. The van der Waals surface area contributed by atoms with Gasteiger partial charge in [-0.05, 0) is 47.4 Å². The predicted molar refractivity (Wildman–Crippen MR) is 191 cm³/mol. The molecule has 1 fully saturated rings. The van der Waals surface area contributed by atoms with Crippen LogP contribution in [0.15, 0.2) is 97.3 Å². The first kappa shape index (κ1) is 33.0. The van der Waals surface area contributed by atoms with Crippen LogP contribution in [0.1, 0.15) is 39.5 Å². The summed E-state index contributed by atoms with van der Waals surface area (Å²) in [4.78, 5) is 40.1. The summed E-state index contributed by atoms with van der Waals surface area (Å²) in [6, 6.07) is 27.6. The molecular weight excluding hydrogens is 632 g/mol. The first-order chi connectivity index (χ1) is 24.6. The molecule has 50 heavy (non-hydrogen) atoms. The average molecular weight is 673 g/mol. The second-order valence-corrected chi connectivity index (χ2v) is 12.3. The van der Waals surface area contributed by atoms with Gasteiger partial charge in [0.15, 0.2) is 11.5 Å². The number of amides is 2. The number of morpholine rings is 1. The van der Waals surface area contributed by atoms with Crippen molar-refractivity contribution >= 4 is 34.2 Å². The maximum atomic E-state index is 13.8. The van der Waals surface area contributed by atoms with Gasteiger partial charge in [0.2, 0.25) is 0 Å². The topological polar surface area (TPSA) is 118 Å². The molecule has 256 valence electrons. The lowest BCUT2D eigenvalue weighted by Gasteiger charge is -2.27. The Bertz CT molecular complexity index is 1950. The fourth-order valence-corrected chi connectivity index (χ4v) is 6.47. The standard InChI is InChI=1S/C39H40N6O5/c1-48-34-23-33-32(22-35(34)50-19-7-16-44-17-20-49-21-18-44)37(42-26-41-33)40-24-27-12-14-30(15-13-27)43-38(46)36(28-8-3-2-4-9-28)45-25-29-10-5-6-11-31(29)39(45)47/h2-6,8-15,22-23,26,36H,7,16-21,24-25H2,1H3,(H,43,46)(H,40,41,42). The van der Waals surface area contributed by atoms with Gasteiger partial charge in [-0.1, -0.05) is 60.7 Å². The number of carbonyl (C=O) groups is 2. The van der Waals surface area contributed by atoms with Gasteiger partial charge >= 0.3 is 0 Å². The first-order valence-corrected chi connectivity index (χ1v) is 16.9. The Morgan fingerprint density at radius 1 is 0.940 bits per heavy atom. The van der Waals surface area contributed by atoms with E-state index in [-0.39, 0.29) is 11.8 Å². The molecule has 4 aromatic carbocycles. The highest BCUT2D eigenvalue weighted by atomic mass is 16.5. The van der Waals surface area contributed by atoms with E-state index in [2.05, 4.69) is 25.5 Å². The first-order valence-electron chi connectivity index (χ1n) is 16.9. The minimum atomic E-state index is -0.777. The van der Waals surface area contributed by atoms with Gasteiger partial charge in [-0.15, -0.1) is 0 Å². The van der Waals surface area contributed by atoms with Crippen molar-refractivity contribution < 1.29 is 23.8 Å². The Kier molecular flexibility index (Phi) is 10.1. The summed E-state index contributed by atoms with van der Waals surface area (Å²) in [5.74, 6) is 1.53. The number of carbonyl (C=O) groups excluding carboxylic acids is 2. The number of hydrogen-bond acceptors (Lipinski definition) is 9. The molecule has 0 spiro atoms. The van der Waals surface area contributed by atoms with Crippen LogP contribution in [0.2, 0.25) is 0 Å². The summed E-state index contributed by atoms with van der Waals surface area (Å²) in [6.45, 7) is 5.86. The van der Waals surface area contributed by atoms with Crippen LogP contribution < -0.4 is 20.1 Å². The van der Waals surface area contributed by atoms with Crippen molar-refractivity contribution in [3.63, 3.8) is 0 Å². The third kappa shape index (κ3) is 7.39. The summed E-state index contributed by atoms with van der Waals surface area (Å²) >= 11 is 0. The van der Waals surface area contributed by atoms with E-state index in [1.807, 2.05) is 91.0 Å². The summed E-state index contributed by atoms with van der Waals surface area (Å²) in [7, 11) is 1.63. The highest BCUT2D eigenvalue weighted by Gasteiger charge is 2.37. The molecule has 5 aromatic rings. The van der Waals surface area contributed by atoms with Gasteiger partial charge in [-0.3, -0.25) is 14.5 Å². The van der Waals surface area contributed by atoms with Gasteiger partial charge in [-0.2, -0.15) is 0 Å². The molecule has 2 aliphatic rings. The number of nitrogens with zero attached hydrogens (tertiary/aromatic N) is 4. The van der Waals surface area contributed by atoms with E-state index in [1.54, 1.807) is 12.0 Å². The molecule has 1 atom stereocenters.